The van der Waals surface area contributed by atoms with Crippen molar-refractivity contribution in [2.75, 3.05) is 10.7 Å². The number of carbonyl (C=O) groups is 1. The van der Waals surface area contributed by atoms with Gasteiger partial charge in [0.15, 0.2) is 0 Å². The van der Waals surface area contributed by atoms with Crippen LogP contribution in [0.3, 0.4) is 0 Å². The number of hydrogen-bond acceptors (Lipinski definition) is 4. The molecule has 122 valence electrons. The Balaban J connectivity index is 2.07. The lowest BCUT2D eigenvalue weighted by Gasteiger charge is -2.08. The molecule has 5 heteroatoms. The molecule has 0 aromatic heterocycles. The molecule has 2 rings (SSSR count). The monoisotopic (exact) mass is 320 g/mol. The topological polar surface area (TPSA) is 77.3 Å². The van der Waals surface area contributed by atoms with Crippen molar-refractivity contribution >= 4 is 23.0 Å². The van der Waals surface area contributed by atoms with E-state index in [0.717, 1.165) is 11.3 Å². The Hall–Kier alpha value is -3.13. The molecule has 24 heavy (non-hydrogen) atoms. The largest absolute Gasteiger partial charge is 0.320 e. The molecule has 0 saturated carbocycles. The zero-order chi connectivity index (χ0) is 17.5. The SMILES string of the molecule is Cc1ccccc1NC(=O)/C(C#N)=N/Nc1ccc(C(C)C)cc1. The first-order chi connectivity index (χ1) is 11.5. The lowest BCUT2D eigenvalue weighted by Crippen LogP contribution is -2.23. The van der Waals surface area contributed by atoms with E-state index in [1.165, 1.54) is 5.56 Å². The summed E-state index contributed by atoms with van der Waals surface area (Å²) < 4.78 is 0. The Morgan fingerprint density at radius 1 is 1.12 bits per heavy atom. The van der Waals surface area contributed by atoms with Crippen LogP contribution in [0.2, 0.25) is 0 Å². The van der Waals surface area contributed by atoms with Crippen molar-refractivity contribution in [3.8, 4) is 6.07 Å². The van der Waals surface area contributed by atoms with Crippen molar-refractivity contribution in [2.24, 2.45) is 5.10 Å². The van der Waals surface area contributed by atoms with Crippen LogP contribution in [0.15, 0.2) is 53.6 Å². The van der Waals surface area contributed by atoms with Crippen LogP contribution in [-0.2, 0) is 4.79 Å². The molecular weight excluding hydrogens is 300 g/mol. The molecule has 2 N–H and O–H groups in total. The van der Waals surface area contributed by atoms with E-state index in [2.05, 4.69) is 29.7 Å². The Labute approximate surface area is 142 Å². The van der Waals surface area contributed by atoms with E-state index in [1.807, 2.05) is 55.5 Å². The van der Waals surface area contributed by atoms with Gasteiger partial charge in [0.1, 0.15) is 6.07 Å². The zero-order valence-electron chi connectivity index (χ0n) is 14.0. The summed E-state index contributed by atoms with van der Waals surface area (Å²) in [7, 11) is 0. The van der Waals surface area contributed by atoms with Crippen LogP contribution >= 0.6 is 0 Å². The summed E-state index contributed by atoms with van der Waals surface area (Å²) in [4.78, 5) is 12.2. The van der Waals surface area contributed by atoms with Gasteiger partial charge in [-0.05, 0) is 42.2 Å². The van der Waals surface area contributed by atoms with Gasteiger partial charge >= 0.3 is 0 Å². The molecule has 5 nitrogen and oxygen atoms in total. The lowest BCUT2D eigenvalue weighted by atomic mass is 10.0. The summed E-state index contributed by atoms with van der Waals surface area (Å²) in [5.41, 5.74) is 6.02. The van der Waals surface area contributed by atoms with Crippen molar-refractivity contribution in [1.29, 1.82) is 5.26 Å². The molecule has 0 atom stereocenters. The highest BCUT2D eigenvalue weighted by molar-refractivity contribution is 6.48. The number of carbonyl (C=O) groups excluding carboxylic acids is 1. The second kappa shape index (κ2) is 7.93. The van der Waals surface area contributed by atoms with E-state index in [-0.39, 0.29) is 5.71 Å². The molecule has 0 aliphatic carbocycles. The molecule has 2 aromatic carbocycles. The Kier molecular flexibility index (Phi) is 5.69. The smallest absolute Gasteiger partial charge is 0.287 e. The molecule has 0 saturated heterocycles. The maximum absolute atomic E-state index is 12.2. The summed E-state index contributed by atoms with van der Waals surface area (Å²) >= 11 is 0. The highest BCUT2D eigenvalue weighted by Crippen LogP contribution is 2.17. The van der Waals surface area contributed by atoms with Crippen molar-refractivity contribution in [3.05, 3.63) is 59.7 Å². The molecule has 0 unspecified atom stereocenters. The molecule has 0 spiro atoms. The predicted molar refractivity (Wildman–Crippen MR) is 97.0 cm³/mol. The number of hydrazone groups is 1. The molecular formula is C19H20N4O. The maximum atomic E-state index is 12.2. The lowest BCUT2D eigenvalue weighted by molar-refractivity contribution is -0.110. The summed E-state index contributed by atoms with van der Waals surface area (Å²) in [6.07, 6.45) is 0. The van der Waals surface area contributed by atoms with Crippen LogP contribution in [-0.4, -0.2) is 11.6 Å². The Bertz CT molecular complexity index is 786. The third-order valence-corrected chi connectivity index (χ3v) is 3.59. The summed E-state index contributed by atoms with van der Waals surface area (Å²) in [6.45, 7) is 6.11. The van der Waals surface area contributed by atoms with Crippen LogP contribution in [0.1, 0.15) is 30.9 Å². The number of aryl methyl sites for hydroxylation is 1. The van der Waals surface area contributed by atoms with E-state index in [1.54, 1.807) is 6.07 Å². The molecule has 2 aromatic rings. The first-order valence-electron chi connectivity index (χ1n) is 7.72. The van der Waals surface area contributed by atoms with Gasteiger partial charge in [-0.2, -0.15) is 10.4 Å². The number of nitrogens with one attached hydrogen (secondary N) is 2. The van der Waals surface area contributed by atoms with Gasteiger partial charge in [-0.25, -0.2) is 0 Å². The third kappa shape index (κ3) is 4.43. The van der Waals surface area contributed by atoms with Gasteiger partial charge < -0.3 is 5.32 Å². The van der Waals surface area contributed by atoms with Gasteiger partial charge in [0.2, 0.25) is 5.71 Å². The van der Waals surface area contributed by atoms with Crippen molar-refractivity contribution in [1.82, 2.24) is 0 Å². The molecule has 0 radical (unpaired) electrons. The van der Waals surface area contributed by atoms with Gasteiger partial charge in [-0.3, -0.25) is 10.2 Å². The van der Waals surface area contributed by atoms with E-state index >= 15 is 0 Å². The van der Waals surface area contributed by atoms with Crippen molar-refractivity contribution in [3.63, 3.8) is 0 Å². The molecule has 0 aliphatic rings. The number of benzene rings is 2. The molecule has 1 amide bonds. The first-order valence-corrected chi connectivity index (χ1v) is 7.72. The van der Waals surface area contributed by atoms with Crippen LogP contribution in [0.4, 0.5) is 11.4 Å². The highest BCUT2D eigenvalue weighted by Gasteiger charge is 2.12. The predicted octanol–water partition coefficient (Wildman–Crippen LogP) is 4.05. The minimum Gasteiger partial charge on any atom is -0.320 e. The fourth-order valence-corrected chi connectivity index (χ4v) is 2.08. The van der Waals surface area contributed by atoms with E-state index < -0.39 is 5.91 Å². The second-order valence-corrected chi connectivity index (χ2v) is 5.73. The number of hydrogen-bond donors (Lipinski definition) is 2. The summed E-state index contributed by atoms with van der Waals surface area (Å²) in [6, 6.07) is 16.9. The summed E-state index contributed by atoms with van der Waals surface area (Å²) in [5.74, 6) is -0.102. The number of rotatable bonds is 5. The van der Waals surface area contributed by atoms with Gasteiger partial charge in [0, 0.05) is 5.69 Å². The molecule has 0 bridgehead atoms. The minimum atomic E-state index is -0.543. The summed E-state index contributed by atoms with van der Waals surface area (Å²) in [5, 5.41) is 15.8. The fourth-order valence-electron chi connectivity index (χ4n) is 2.08. The van der Waals surface area contributed by atoms with Crippen LogP contribution < -0.4 is 10.7 Å². The second-order valence-electron chi connectivity index (χ2n) is 5.73. The van der Waals surface area contributed by atoms with Crippen LogP contribution in [0.5, 0.6) is 0 Å². The highest BCUT2D eigenvalue weighted by atomic mass is 16.1. The van der Waals surface area contributed by atoms with Crippen molar-refractivity contribution < 1.29 is 4.79 Å². The van der Waals surface area contributed by atoms with E-state index in [9.17, 15) is 4.79 Å². The van der Waals surface area contributed by atoms with Gasteiger partial charge in [-0.15, -0.1) is 0 Å². The number of nitrogens with zero attached hydrogens (tertiary/aromatic N) is 2. The maximum Gasteiger partial charge on any atom is 0.287 e. The zero-order valence-corrected chi connectivity index (χ0v) is 14.0. The number of para-hydroxylation sites is 1. The standard InChI is InChI=1S/C19H20N4O/c1-13(2)15-8-10-16(11-9-15)22-23-18(12-20)19(24)21-17-7-5-4-6-14(17)3/h4-11,13,22H,1-3H3,(H,21,24)/b23-18+. The Morgan fingerprint density at radius 3 is 2.38 bits per heavy atom. The van der Waals surface area contributed by atoms with Gasteiger partial charge in [0.05, 0.1) is 5.69 Å². The molecule has 0 heterocycles. The van der Waals surface area contributed by atoms with E-state index in [0.29, 0.717) is 11.6 Å². The fraction of sp³-hybridized carbons (Fsp3) is 0.211. The Morgan fingerprint density at radius 2 is 1.79 bits per heavy atom. The average Bonchev–Trinajstić information content (AvgIpc) is 2.58. The van der Waals surface area contributed by atoms with Crippen LogP contribution in [0.25, 0.3) is 0 Å². The number of amides is 1. The van der Waals surface area contributed by atoms with E-state index in [4.69, 9.17) is 5.26 Å². The normalized spacial score (nSPS) is 11.0. The quantitative estimate of drug-likeness (QED) is 0.644. The van der Waals surface area contributed by atoms with Crippen molar-refractivity contribution in [2.45, 2.75) is 26.7 Å². The first kappa shape index (κ1) is 17.2. The number of nitriles is 1. The minimum absolute atomic E-state index is 0.230. The molecule has 0 fully saturated rings. The van der Waals surface area contributed by atoms with Gasteiger partial charge in [0.25, 0.3) is 5.91 Å². The van der Waals surface area contributed by atoms with Gasteiger partial charge in [-0.1, -0.05) is 44.2 Å². The molecule has 0 aliphatic heterocycles. The van der Waals surface area contributed by atoms with Crippen LogP contribution in [0, 0.1) is 18.3 Å². The third-order valence-electron chi connectivity index (χ3n) is 3.59. The number of anilines is 2. The average molecular weight is 320 g/mol.